The number of hydrogen-bond acceptors (Lipinski definition) is 6. The molecule has 5 rings (SSSR count). The highest BCUT2D eigenvalue weighted by atomic mass is 16.6. The van der Waals surface area contributed by atoms with Crippen molar-refractivity contribution in [1.29, 1.82) is 0 Å². The molecule has 2 atom stereocenters. The van der Waals surface area contributed by atoms with Gasteiger partial charge in [-0.25, -0.2) is 0 Å². The van der Waals surface area contributed by atoms with Crippen LogP contribution < -0.4 is 18.9 Å². The standard InChI is InChI=1S/C29H36N2O6/c1-19(2)36-25-14-13-20(15-26(25)34-3)28-29(33)30(21-9-5-4-6-10-21)17-27(32)31(28)16-22-18-35-23-11-7-8-12-24(23)37-22/h7-8,11-15,19,21-22,28H,4-6,9-10,16-18H2,1-3H3/t22-,28-/m0/s1. The summed E-state index contributed by atoms with van der Waals surface area (Å²) in [5, 5.41) is 0. The van der Waals surface area contributed by atoms with E-state index in [9.17, 15) is 9.59 Å². The maximum absolute atomic E-state index is 14.1. The number of carbonyl (C=O) groups is 2. The van der Waals surface area contributed by atoms with Crippen molar-refractivity contribution in [2.45, 2.75) is 70.2 Å². The Balaban J connectivity index is 1.46. The molecule has 2 aromatic rings. The van der Waals surface area contributed by atoms with Crippen LogP contribution in [0.2, 0.25) is 0 Å². The zero-order valence-electron chi connectivity index (χ0n) is 21.9. The Morgan fingerprint density at radius 3 is 2.49 bits per heavy atom. The van der Waals surface area contributed by atoms with E-state index in [1.165, 1.54) is 6.42 Å². The smallest absolute Gasteiger partial charge is 0.250 e. The summed E-state index contributed by atoms with van der Waals surface area (Å²) < 4.78 is 23.6. The second kappa shape index (κ2) is 10.9. The summed E-state index contributed by atoms with van der Waals surface area (Å²) >= 11 is 0. The average Bonchev–Trinajstić information content (AvgIpc) is 2.91. The first-order chi connectivity index (χ1) is 17.9. The van der Waals surface area contributed by atoms with Crippen LogP contribution in [0.5, 0.6) is 23.0 Å². The monoisotopic (exact) mass is 508 g/mol. The number of methoxy groups -OCH3 is 1. The van der Waals surface area contributed by atoms with Gasteiger partial charge in [-0.15, -0.1) is 0 Å². The van der Waals surface area contributed by atoms with Crippen LogP contribution in [-0.2, 0) is 9.59 Å². The van der Waals surface area contributed by atoms with Gasteiger partial charge in [-0.05, 0) is 56.5 Å². The number of fused-ring (bicyclic) bond motifs is 1. The Bertz CT molecular complexity index is 1130. The van der Waals surface area contributed by atoms with Gasteiger partial charge < -0.3 is 28.7 Å². The van der Waals surface area contributed by atoms with Gasteiger partial charge in [0, 0.05) is 6.04 Å². The minimum absolute atomic E-state index is 0.0257. The summed E-state index contributed by atoms with van der Waals surface area (Å²) in [6, 6.07) is 12.3. The molecule has 0 aromatic heterocycles. The van der Waals surface area contributed by atoms with E-state index in [-0.39, 0.29) is 43.2 Å². The number of carbonyl (C=O) groups excluding carboxylic acids is 2. The summed E-state index contributed by atoms with van der Waals surface area (Å²) in [5.41, 5.74) is 0.698. The number of para-hydroxylation sites is 2. The normalized spacial score (nSPS) is 22.4. The molecule has 8 heteroatoms. The van der Waals surface area contributed by atoms with Crippen molar-refractivity contribution < 1.29 is 28.5 Å². The van der Waals surface area contributed by atoms with Crippen LogP contribution in [0.25, 0.3) is 0 Å². The number of benzene rings is 2. The Hall–Kier alpha value is -3.42. The van der Waals surface area contributed by atoms with Crippen LogP contribution in [0, 0.1) is 0 Å². The fourth-order valence-corrected chi connectivity index (χ4v) is 5.56. The molecule has 0 N–H and O–H groups in total. The largest absolute Gasteiger partial charge is 0.493 e. The Morgan fingerprint density at radius 1 is 1.00 bits per heavy atom. The van der Waals surface area contributed by atoms with Crippen molar-refractivity contribution in [2.75, 3.05) is 26.8 Å². The molecule has 1 saturated heterocycles. The van der Waals surface area contributed by atoms with Gasteiger partial charge in [-0.3, -0.25) is 9.59 Å². The number of piperazine rings is 1. The van der Waals surface area contributed by atoms with E-state index >= 15 is 0 Å². The van der Waals surface area contributed by atoms with Gasteiger partial charge in [0.15, 0.2) is 29.1 Å². The molecular formula is C29H36N2O6. The molecule has 2 heterocycles. The predicted octanol–water partition coefficient (Wildman–Crippen LogP) is 4.37. The zero-order valence-corrected chi connectivity index (χ0v) is 21.9. The van der Waals surface area contributed by atoms with Gasteiger partial charge in [0.1, 0.15) is 19.2 Å². The molecule has 0 radical (unpaired) electrons. The molecule has 1 aliphatic carbocycles. The maximum Gasteiger partial charge on any atom is 0.250 e. The fourth-order valence-electron chi connectivity index (χ4n) is 5.56. The highest BCUT2D eigenvalue weighted by molar-refractivity contribution is 5.96. The summed E-state index contributed by atoms with van der Waals surface area (Å²) in [4.78, 5) is 31.2. The first kappa shape index (κ1) is 25.2. The highest BCUT2D eigenvalue weighted by Gasteiger charge is 2.44. The van der Waals surface area contributed by atoms with E-state index in [1.807, 2.05) is 56.3 Å². The van der Waals surface area contributed by atoms with Crippen LogP contribution in [0.15, 0.2) is 42.5 Å². The fraction of sp³-hybridized carbons (Fsp3) is 0.517. The Labute approximate surface area is 218 Å². The van der Waals surface area contributed by atoms with Crippen LogP contribution in [-0.4, -0.2) is 66.7 Å². The second-order valence-electron chi connectivity index (χ2n) is 10.3. The molecule has 198 valence electrons. The summed E-state index contributed by atoms with van der Waals surface area (Å²) in [5.74, 6) is 2.33. The Morgan fingerprint density at radius 2 is 1.76 bits per heavy atom. The predicted molar refractivity (Wildman–Crippen MR) is 138 cm³/mol. The summed E-state index contributed by atoms with van der Waals surface area (Å²) in [6.45, 7) is 4.54. The van der Waals surface area contributed by atoms with Crippen LogP contribution in [0.1, 0.15) is 57.6 Å². The molecule has 2 fully saturated rings. The third-order valence-corrected chi connectivity index (χ3v) is 7.30. The van der Waals surface area contributed by atoms with Crippen LogP contribution >= 0.6 is 0 Å². The minimum atomic E-state index is -0.772. The molecule has 0 spiro atoms. The van der Waals surface area contributed by atoms with Gasteiger partial charge in [0.2, 0.25) is 5.91 Å². The zero-order chi connectivity index (χ0) is 25.9. The highest BCUT2D eigenvalue weighted by Crippen LogP contribution is 2.38. The van der Waals surface area contributed by atoms with Crippen molar-refractivity contribution in [3.8, 4) is 23.0 Å². The molecule has 2 aliphatic heterocycles. The lowest BCUT2D eigenvalue weighted by atomic mass is 9.91. The molecule has 0 unspecified atom stereocenters. The molecule has 0 bridgehead atoms. The minimum Gasteiger partial charge on any atom is -0.493 e. The quantitative estimate of drug-likeness (QED) is 0.553. The van der Waals surface area contributed by atoms with Crippen molar-refractivity contribution in [3.63, 3.8) is 0 Å². The van der Waals surface area contributed by atoms with Crippen LogP contribution in [0.3, 0.4) is 0 Å². The number of hydrogen-bond donors (Lipinski definition) is 0. The molecule has 1 saturated carbocycles. The van der Waals surface area contributed by atoms with Gasteiger partial charge in [0.05, 0.1) is 19.8 Å². The topological polar surface area (TPSA) is 77.5 Å². The van der Waals surface area contributed by atoms with E-state index in [0.717, 1.165) is 25.7 Å². The molecular weight excluding hydrogens is 472 g/mol. The first-order valence-electron chi connectivity index (χ1n) is 13.3. The van der Waals surface area contributed by atoms with Crippen molar-refractivity contribution >= 4 is 11.8 Å². The van der Waals surface area contributed by atoms with Crippen molar-refractivity contribution in [3.05, 3.63) is 48.0 Å². The van der Waals surface area contributed by atoms with E-state index in [1.54, 1.807) is 16.9 Å². The lowest BCUT2D eigenvalue weighted by Gasteiger charge is -2.45. The number of ether oxygens (including phenoxy) is 4. The summed E-state index contributed by atoms with van der Waals surface area (Å²) in [6.07, 6.45) is 4.80. The van der Waals surface area contributed by atoms with Gasteiger partial charge in [-0.2, -0.15) is 0 Å². The third-order valence-electron chi connectivity index (χ3n) is 7.30. The Kier molecular flexibility index (Phi) is 7.44. The van der Waals surface area contributed by atoms with Gasteiger partial charge in [0.25, 0.3) is 5.91 Å². The molecule has 2 aromatic carbocycles. The average molecular weight is 509 g/mol. The van der Waals surface area contributed by atoms with E-state index in [2.05, 4.69) is 0 Å². The first-order valence-corrected chi connectivity index (χ1v) is 13.3. The lowest BCUT2D eigenvalue weighted by Crippen LogP contribution is -2.60. The summed E-state index contributed by atoms with van der Waals surface area (Å²) in [7, 11) is 1.58. The van der Waals surface area contributed by atoms with Crippen molar-refractivity contribution in [1.82, 2.24) is 9.80 Å². The van der Waals surface area contributed by atoms with Crippen LogP contribution in [0.4, 0.5) is 0 Å². The molecule has 37 heavy (non-hydrogen) atoms. The second-order valence-corrected chi connectivity index (χ2v) is 10.3. The number of rotatable bonds is 7. The number of amides is 2. The molecule has 2 amide bonds. The molecule has 8 nitrogen and oxygen atoms in total. The third kappa shape index (κ3) is 5.33. The maximum atomic E-state index is 14.1. The van der Waals surface area contributed by atoms with E-state index in [4.69, 9.17) is 18.9 Å². The van der Waals surface area contributed by atoms with Gasteiger partial charge >= 0.3 is 0 Å². The van der Waals surface area contributed by atoms with Crippen molar-refractivity contribution in [2.24, 2.45) is 0 Å². The SMILES string of the molecule is COc1cc([C@H]2C(=O)N(C3CCCCC3)CC(=O)N2C[C@H]2COc3ccccc3O2)ccc1OC(C)C. The van der Waals surface area contributed by atoms with Gasteiger partial charge in [-0.1, -0.05) is 37.5 Å². The number of nitrogens with zero attached hydrogens (tertiary/aromatic N) is 2. The molecule has 3 aliphatic rings. The van der Waals surface area contributed by atoms with E-state index < -0.39 is 6.04 Å². The van der Waals surface area contributed by atoms with E-state index in [0.29, 0.717) is 35.2 Å². The lowest BCUT2D eigenvalue weighted by molar-refractivity contribution is -0.160.